The molecule has 0 aromatic heterocycles. The van der Waals surface area contributed by atoms with E-state index in [0.717, 1.165) is 18.4 Å². The van der Waals surface area contributed by atoms with E-state index in [1.54, 1.807) is 7.11 Å². The molecule has 2 N–H and O–H groups in total. The highest BCUT2D eigenvalue weighted by Crippen LogP contribution is 2.65. The maximum Gasteiger partial charge on any atom is 0.167 e. The van der Waals surface area contributed by atoms with E-state index >= 15 is 0 Å². The van der Waals surface area contributed by atoms with E-state index in [0.29, 0.717) is 6.42 Å². The summed E-state index contributed by atoms with van der Waals surface area (Å²) in [7, 11) is 1.60. The third-order valence-corrected chi connectivity index (χ3v) is 9.39. The third kappa shape index (κ3) is 3.05. The van der Waals surface area contributed by atoms with Gasteiger partial charge in [-0.2, -0.15) is 0 Å². The average molecular weight is 453 g/mol. The summed E-state index contributed by atoms with van der Waals surface area (Å²) in [6, 6.07) is 0. The van der Waals surface area contributed by atoms with Crippen LogP contribution in [0.3, 0.4) is 0 Å². The molecule has 3 saturated carbocycles. The zero-order valence-corrected chi connectivity index (χ0v) is 20.6. The van der Waals surface area contributed by atoms with Crippen LogP contribution >= 0.6 is 0 Å². The molecule has 1 heterocycles. The van der Waals surface area contributed by atoms with Crippen molar-refractivity contribution in [2.45, 2.75) is 103 Å². The van der Waals surface area contributed by atoms with E-state index in [4.69, 9.17) is 18.9 Å². The minimum atomic E-state index is -1.95. The number of ketones is 1. The van der Waals surface area contributed by atoms with Crippen molar-refractivity contribution < 1.29 is 34.0 Å². The van der Waals surface area contributed by atoms with Crippen LogP contribution in [-0.4, -0.2) is 65.2 Å². The molecule has 7 heteroatoms. The smallest absolute Gasteiger partial charge is 0.167 e. The molecule has 4 aliphatic rings. The van der Waals surface area contributed by atoms with Crippen LogP contribution in [0.2, 0.25) is 0 Å². The summed E-state index contributed by atoms with van der Waals surface area (Å²) < 4.78 is 23.9. The number of ether oxygens (including phenoxy) is 4. The molecule has 4 rings (SSSR count). The van der Waals surface area contributed by atoms with Crippen molar-refractivity contribution in [2.75, 3.05) is 13.9 Å². The lowest BCUT2D eigenvalue weighted by Gasteiger charge is -2.64. The van der Waals surface area contributed by atoms with Crippen molar-refractivity contribution in [1.29, 1.82) is 0 Å². The monoisotopic (exact) mass is 452 g/mol. The molecule has 0 radical (unpaired) electrons. The van der Waals surface area contributed by atoms with Crippen LogP contribution in [0.4, 0.5) is 0 Å². The highest BCUT2D eigenvalue weighted by Gasteiger charge is 2.75. The molecular weight excluding hydrogens is 412 g/mol. The fourth-order valence-electron chi connectivity index (χ4n) is 7.23. The average Bonchev–Trinajstić information content (AvgIpc) is 3.03. The lowest BCUT2D eigenvalue weighted by atomic mass is 9.44. The maximum atomic E-state index is 13.2. The van der Waals surface area contributed by atoms with Crippen LogP contribution in [0.25, 0.3) is 0 Å². The Morgan fingerprint density at radius 2 is 1.72 bits per heavy atom. The lowest BCUT2D eigenvalue weighted by molar-refractivity contribution is -0.287. The number of Topliss-reactive ketones (excluding diaryl/α,β-unsaturated/α-hetero) is 1. The standard InChI is InChI=1S/C25H40O7/c1-14-16-11-15-12-18(26)24(7,27)25(28,21(15,2)3)20-19(31-22(4,5)32-20)23(16,6)10-9-17(14)30-13-29-8/h15-17,19-20,27-28H,1,9-13H2,2-8H3/t15-,16-,17+,19+,20+,23-,24-,25+/m1/s1. The zero-order chi connectivity index (χ0) is 23.9. The summed E-state index contributed by atoms with van der Waals surface area (Å²) in [6.45, 7) is 15.8. The van der Waals surface area contributed by atoms with Crippen LogP contribution in [0, 0.1) is 22.7 Å². The molecular formula is C25H40O7. The molecule has 1 aliphatic heterocycles. The summed E-state index contributed by atoms with van der Waals surface area (Å²) in [6.07, 6.45) is 0.872. The zero-order valence-electron chi connectivity index (χ0n) is 20.6. The maximum absolute atomic E-state index is 13.2. The summed E-state index contributed by atoms with van der Waals surface area (Å²) >= 11 is 0. The fraction of sp³-hybridized carbons (Fsp3) is 0.880. The Hall–Kier alpha value is -0.830. The molecule has 4 fully saturated rings. The Balaban J connectivity index is 1.87. The van der Waals surface area contributed by atoms with E-state index in [-0.39, 0.29) is 36.9 Å². The van der Waals surface area contributed by atoms with Crippen molar-refractivity contribution in [3.8, 4) is 0 Å². The van der Waals surface area contributed by atoms with Gasteiger partial charge in [0.15, 0.2) is 17.2 Å². The Kier molecular flexibility index (Phi) is 5.57. The largest absolute Gasteiger partial charge is 0.383 e. The predicted octanol–water partition coefficient (Wildman–Crippen LogP) is 2.97. The highest BCUT2D eigenvalue weighted by atomic mass is 16.8. The van der Waals surface area contributed by atoms with E-state index < -0.39 is 40.0 Å². The molecule has 0 spiro atoms. The van der Waals surface area contributed by atoms with Gasteiger partial charge in [-0.1, -0.05) is 27.4 Å². The first-order chi connectivity index (χ1) is 14.6. The fourth-order valence-corrected chi connectivity index (χ4v) is 7.23. The van der Waals surface area contributed by atoms with Crippen molar-refractivity contribution >= 4 is 5.78 Å². The second-order valence-corrected chi connectivity index (χ2v) is 11.8. The van der Waals surface area contributed by atoms with E-state index in [9.17, 15) is 15.0 Å². The number of aliphatic hydroxyl groups is 2. The van der Waals surface area contributed by atoms with Crippen LogP contribution in [0.1, 0.15) is 67.2 Å². The van der Waals surface area contributed by atoms with Crippen LogP contribution in [-0.2, 0) is 23.7 Å². The van der Waals surface area contributed by atoms with Crippen LogP contribution in [0.5, 0.6) is 0 Å². The molecule has 0 aromatic rings. The molecule has 2 bridgehead atoms. The van der Waals surface area contributed by atoms with Gasteiger partial charge in [-0.15, -0.1) is 0 Å². The molecule has 8 atom stereocenters. The number of methoxy groups -OCH3 is 1. The first-order valence-electron chi connectivity index (χ1n) is 11.8. The topological polar surface area (TPSA) is 94.5 Å². The van der Waals surface area contributed by atoms with Gasteiger partial charge < -0.3 is 29.2 Å². The number of carbonyl (C=O) groups is 1. The van der Waals surface area contributed by atoms with Gasteiger partial charge in [-0.25, -0.2) is 0 Å². The van der Waals surface area contributed by atoms with Gasteiger partial charge in [0.2, 0.25) is 0 Å². The summed E-state index contributed by atoms with van der Waals surface area (Å²) in [5.74, 6) is -1.47. The molecule has 0 unspecified atom stereocenters. The molecule has 32 heavy (non-hydrogen) atoms. The second-order valence-electron chi connectivity index (χ2n) is 11.8. The van der Waals surface area contributed by atoms with Crippen LogP contribution < -0.4 is 0 Å². The minimum absolute atomic E-state index is 0.00720. The Morgan fingerprint density at radius 3 is 2.34 bits per heavy atom. The van der Waals surface area contributed by atoms with Gasteiger partial charge in [0.05, 0.1) is 12.2 Å². The molecule has 3 aliphatic carbocycles. The lowest BCUT2D eigenvalue weighted by Crippen LogP contribution is -2.78. The quantitative estimate of drug-likeness (QED) is 0.502. The number of fused-ring (bicyclic) bond motifs is 6. The minimum Gasteiger partial charge on any atom is -0.383 e. The van der Waals surface area contributed by atoms with Gasteiger partial charge in [-0.3, -0.25) is 4.79 Å². The van der Waals surface area contributed by atoms with E-state index in [1.165, 1.54) is 6.92 Å². The number of carbonyl (C=O) groups excluding carboxylic acids is 1. The Labute approximate surface area is 191 Å². The SMILES string of the molecule is C=C1[C@@H](OCOC)CC[C@]2(C)[C@@H]1C[C@@H]1CC(=O)[C@@](C)(O)[C@](O)([C@H]3OC(C)(C)O[C@@H]32)C1(C)C. The first-order valence-corrected chi connectivity index (χ1v) is 11.8. The van der Waals surface area contributed by atoms with E-state index in [2.05, 4.69) is 13.5 Å². The van der Waals surface area contributed by atoms with Gasteiger partial charge in [0.1, 0.15) is 18.5 Å². The normalized spacial score (nSPS) is 49.7. The number of hydrogen-bond donors (Lipinski definition) is 2. The van der Waals surface area contributed by atoms with Gasteiger partial charge >= 0.3 is 0 Å². The summed E-state index contributed by atoms with van der Waals surface area (Å²) in [5.41, 5.74) is -3.98. The first kappa shape index (κ1) is 24.3. The molecule has 7 nitrogen and oxygen atoms in total. The van der Waals surface area contributed by atoms with Gasteiger partial charge in [0.25, 0.3) is 0 Å². The molecule has 0 aromatic carbocycles. The Morgan fingerprint density at radius 1 is 1.09 bits per heavy atom. The molecule has 182 valence electrons. The van der Waals surface area contributed by atoms with Crippen LogP contribution in [0.15, 0.2) is 12.2 Å². The predicted molar refractivity (Wildman–Crippen MR) is 118 cm³/mol. The van der Waals surface area contributed by atoms with Crippen molar-refractivity contribution in [3.63, 3.8) is 0 Å². The number of hydrogen-bond acceptors (Lipinski definition) is 7. The molecule has 1 saturated heterocycles. The second kappa shape index (κ2) is 7.33. The van der Waals surface area contributed by atoms with Gasteiger partial charge in [0, 0.05) is 24.4 Å². The third-order valence-electron chi connectivity index (χ3n) is 9.39. The summed E-state index contributed by atoms with van der Waals surface area (Å²) in [4.78, 5) is 13.2. The van der Waals surface area contributed by atoms with Crippen molar-refractivity contribution in [3.05, 3.63) is 12.2 Å². The highest BCUT2D eigenvalue weighted by molar-refractivity contribution is 5.90. The molecule has 0 amide bonds. The Bertz CT molecular complexity index is 802. The van der Waals surface area contributed by atoms with Gasteiger partial charge in [-0.05, 0) is 57.4 Å². The number of rotatable bonds is 3. The van der Waals surface area contributed by atoms with Crippen molar-refractivity contribution in [1.82, 2.24) is 0 Å². The van der Waals surface area contributed by atoms with E-state index in [1.807, 2.05) is 27.7 Å². The van der Waals surface area contributed by atoms with Crippen molar-refractivity contribution in [2.24, 2.45) is 22.7 Å². The summed E-state index contributed by atoms with van der Waals surface area (Å²) in [5, 5.41) is 23.8.